The van der Waals surface area contributed by atoms with Crippen LogP contribution < -0.4 is 10.2 Å². The fraction of sp³-hybridized carbons (Fsp3) is 0.500. The van der Waals surface area contributed by atoms with Gasteiger partial charge in [-0.3, -0.25) is 9.59 Å². The molecule has 0 aliphatic heterocycles. The Morgan fingerprint density at radius 3 is 2.65 bits per heavy atom. The Hall–Kier alpha value is -2.22. The molecule has 0 fully saturated rings. The molecule has 1 aromatic rings. The summed E-state index contributed by atoms with van der Waals surface area (Å²) in [5, 5.41) is 11.3. The lowest BCUT2D eigenvalue weighted by Gasteiger charge is -2.18. The third-order valence-corrected chi connectivity index (χ3v) is 2.54. The lowest BCUT2D eigenvalue weighted by molar-refractivity contribution is -0.140. The van der Waals surface area contributed by atoms with Gasteiger partial charge in [0.25, 0.3) is 0 Å². The topological polar surface area (TPSA) is 105 Å². The molecule has 1 heterocycles. The first-order chi connectivity index (χ1) is 9.52. The molecule has 1 rings (SSSR count). The van der Waals surface area contributed by atoms with E-state index in [1.807, 2.05) is 0 Å². The van der Waals surface area contributed by atoms with Crippen LogP contribution in [0.25, 0.3) is 0 Å². The van der Waals surface area contributed by atoms with E-state index in [0.717, 1.165) is 0 Å². The predicted molar refractivity (Wildman–Crippen MR) is 71.4 cm³/mol. The zero-order valence-corrected chi connectivity index (χ0v) is 11.4. The minimum atomic E-state index is -0.971. The average molecular weight is 282 g/mol. The van der Waals surface area contributed by atoms with Gasteiger partial charge in [0, 0.05) is 33.1 Å². The second kappa shape index (κ2) is 8.05. The van der Waals surface area contributed by atoms with E-state index in [1.165, 1.54) is 7.11 Å². The molecule has 0 aliphatic rings. The van der Waals surface area contributed by atoms with Gasteiger partial charge in [-0.2, -0.15) is 0 Å². The summed E-state index contributed by atoms with van der Waals surface area (Å²) in [5.74, 6) is -0.787. The third-order valence-electron chi connectivity index (χ3n) is 2.54. The lowest BCUT2D eigenvalue weighted by atomic mass is 10.2. The van der Waals surface area contributed by atoms with Gasteiger partial charge in [-0.15, -0.1) is 0 Å². The molecule has 0 saturated carbocycles. The monoisotopic (exact) mass is 282 g/mol. The summed E-state index contributed by atoms with van der Waals surface area (Å²) in [6.45, 7) is 0.221. The van der Waals surface area contributed by atoms with E-state index in [2.05, 4.69) is 15.3 Å². The molecule has 8 nitrogen and oxygen atoms in total. The summed E-state index contributed by atoms with van der Waals surface area (Å²) < 4.78 is 4.97. The third kappa shape index (κ3) is 5.61. The summed E-state index contributed by atoms with van der Waals surface area (Å²) >= 11 is 0. The number of carboxylic acids is 1. The Kier molecular flexibility index (Phi) is 6.38. The molecule has 1 atom stereocenters. The lowest BCUT2D eigenvalue weighted by Crippen LogP contribution is -2.40. The quantitative estimate of drug-likeness (QED) is 0.663. The van der Waals surface area contributed by atoms with E-state index in [4.69, 9.17) is 9.84 Å². The molecule has 0 radical (unpaired) electrons. The average Bonchev–Trinajstić information content (AvgIpc) is 2.44. The number of hydrogen-bond donors (Lipinski definition) is 2. The number of nitrogens with zero attached hydrogens (tertiary/aromatic N) is 3. The van der Waals surface area contributed by atoms with Gasteiger partial charge >= 0.3 is 5.97 Å². The number of carbonyl (C=O) groups is 2. The van der Waals surface area contributed by atoms with Crippen LogP contribution >= 0.6 is 0 Å². The number of ether oxygens (including phenoxy) is 1. The summed E-state index contributed by atoms with van der Waals surface area (Å²) in [6.07, 6.45) is 2.47. The summed E-state index contributed by atoms with van der Waals surface area (Å²) in [5.41, 5.74) is 0. The van der Waals surface area contributed by atoms with E-state index in [1.54, 1.807) is 30.4 Å². The Labute approximate surface area is 116 Å². The molecule has 0 aliphatic carbocycles. The summed E-state index contributed by atoms with van der Waals surface area (Å²) in [7, 11) is 3.10. The van der Waals surface area contributed by atoms with Crippen molar-refractivity contribution in [3.8, 4) is 0 Å². The number of nitrogens with one attached hydrogen (secondary N) is 1. The number of methoxy groups -OCH3 is 1. The van der Waals surface area contributed by atoms with E-state index in [-0.39, 0.29) is 25.4 Å². The number of aliphatic carboxylic acids is 1. The van der Waals surface area contributed by atoms with Crippen molar-refractivity contribution < 1.29 is 19.4 Å². The van der Waals surface area contributed by atoms with Crippen LogP contribution in [0.4, 0.5) is 5.95 Å². The van der Waals surface area contributed by atoms with E-state index in [9.17, 15) is 9.59 Å². The number of anilines is 1. The van der Waals surface area contributed by atoms with Crippen LogP contribution in [0, 0.1) is 0 Å². The maximum atomic E-state index is 11.7. The van der Waals surface area contributed by atoms with Crippen LogP contribution in [-0.4, -0.2) is 60.3 Å². The molecule has 1 amide bonds. The van der Waals surface area contributed by atoms with Crippen LogP contribution in [0.1, 0.15) is 6.42 Å². The molecule has 0 spiro atoms. The van der Waals surface area contributed by atoms with Gasteiger partial charge in [-0.25, -0.2) is 9.97 Å². The fourth-order valence-electron chi connectivity index (χ4n) is 1.49. The summed E-state index contributed by atoms with van der Waals surface area (Å²) in [6, 6.07) is 1.69. The minimum Gasteiger partial charge on any atom is -0.481 e. The Balaban J connectivity index is 2.38. The highest BCUT2D eigenvalue weighted by Crippen LogP contribution is 2.01. The molecular formula is C12H18N4O4. The van der Waals surface area contributed by atoms with E-state index >= 15 is 0 Å². The highest BCUT2D eigenvalue weighted by molar-refractivity contribution is 5.80. The zero-order valence-electron chi connectivity index (χ0n) is 11.4. The maximum Gasteiger partial charge on any atom is 0.306 e. The number of hydrogen-bond acceptors (Lipinski definition) is 6. The SMILES string of the molecule is COC(CNC(=O)CN(C)c1ncccn1)CC(=O)O. The van der Waals surface area contributed by atoms with E-state index < -0.39 is 12.1 Å². The van der Waals surface area contributed by atoms with Crippen LogP contribution in [-0.2, 0) is 14.3 Å². The van der Waals surface area contributed by atoms with Gasteiger partial charge in [-0.05, 0) is 6.07 Å². The first-order valence-corrected chi connectivity index (χ1v) is 6.02. The van der Waals surface area contributed by atoms with E-state index in [0.29, 0.717) is 5.95 Å². The molecule has 0 bridgehead atoms. The van der Waals surface area contributed by atoms with Crippen LogP contribution in [0.5, 0.6) is 0 Å². The van der Waals surface area contributed by atoms with Crippen LogP contribution in [0.3, 0.4) is 0 Å². The molecule has 0 saturated heterocycles. The predicted octanol–water partition coefficient (Wildman–Crippen LogP) is -0.481. The molecule has 8 heteroatoms. The molecule has 2 N–H and O–H groups in total. The van der Waals surface area contributed by atoms with Crippen molar-refractivity contribution >= 4 is 17.8 Å². The Morgan fingerprint density at radius 2 is 2.10 bits per heavy atom. The number of carboxylic acid groups (broad SMARTS) is 1. The maximum absolute atomic E-state index is 11.7. The molecule has 1 aromatic heterocycles. The first kappa shape index (κ1) is 15.8. The van der Waals surface area contributed by atoms with Crippen LogP contribution in [0.15, 0.2) is 18.5 Å². The highest BCUT2D eigenvalue weighted by atomic mass is 16.5. The molecule has 110 valence electrons. The number of carbonyl (C=O) groups excluding carboxylic acids is 1. The number of likely N-dealkylation sites (N-methyl/N-ethyl adjacent to an activating group) is 1. The highest BCUT2D eigenvalue weighted by Gasteiger charge is 2.14. The number of rotatable bonds is 8. The van der Waals surface area contributed by atoms with Gasteiger partial charge in [-0.1, -0.05) is 0 Å². The zero-order chi connectivity index (χ0) is 15.0. The van der Waals surface area contributed by atoms with Crippen molar-refractivity contribution in [1.82, 2.24) is 15.3 Å². The van der Waals surface area contributed by atoms with Crippen molar-refractivity contribution in [2.24, 2.45) is 0 Å². The van der Waals surface area contributed by atoms with Crippen molar-refractivity contribution in [3.05, 3.63) is 18.5 Å². The fourth-order valence-corrected chi connectivity index (χ4v) is 1.49. The standard InChI is InChI=1S/C12H18N4O4/c1-16(12-13-4-3-5-14-12)8-10(17)15-7-9(20-2)6-11(18)19/h3-5,9H,6-8H2,1-2H3,(H,15,17)(H,18,19). The number of amides is 1. The van der Waals surface area contributed by atoms with Crippen molar-refractivity contribution in [1.29, 1.82) is 0 Å². The van der Waals surface area contributed by atoms with Crippen molar-refractivity contribution in [2.75, 3.05) is 32.1 Å². The number of aromatic nitrogens is 2. The van der Waals surface area contributed by atoms with Gasteiger partial charge < -0.3 is 20.1 Å². The molecule has 0 aromatic carbocycles. The van der Waals surface area contributed by atoms with Gasteiger partial charge in [0.15, 0.2) is 0 Å². The van der Waals surface area contributed by atoms with Crippen molar-refractivity contribution in [3.63, 3.8) is 0 Å². The molecular weight excluding hydrogens is 264 g/mol. The smallest absolute Gasteiger partial charge is 0.306 e. The second-order valence-corrected chi connectivity index (χ2v) is 4.16. The Bertz CT molecular complexity index is 440. The van der Waals surface area contributed by atoms with Crippen LogP contribution in [0.2, 0.25) is 0 Å². The molecule has 20 heavy (non-hydrogen) atoms. The second-order valence-electron chi connectivity index (χ2n) is 4.16. The summed E-state index contributed by atoms with van der Waals surface area (Å²) in [4.78, 5) is 31.9. The van der Waals surface area contributed by atoms with Gasteiger partial charge in [0.05, 0.1) is 19.1 Å². The first-order valence-electron chi connectivity index (χ1n) is 6.02. The normalized spacial score (nSPS) is 11.7. The van der Waals surface area contributed by atoms with Gasteiger partial charge in [0.2, 0.25) is 11.9 Å². The minimum absolute atomic E-state index is 0.0769. The Morgan fingerprint density at radius 1 is 1.45 bits per heavy atom. The van der Waals surface area contributed by atoms with Gasteiger partial charge in [0.1, 0.15) is 0 Å². The largest absolute Gasteiger partial charge is 0.481 e. The van der Waals surface area contributed by atoms with Crippen molar-refractivity contribution in [2.45, 2.75) is 12.5 Å². The molecule has 1 unspecified atom stereocenters.